The fourth-order valence-corrected chi connectivity index (χ4v) is 2.27. The predicted molar refractivity (Wildman–Crippen MR) is 86.2 cm³/mol. The lowest BCUT2D eigenvalue weighted by molar-refractivity contribution is -0.123. The summed E-state index contributed by atoms with van der Waals surface area (Å²) >= 11 is 0. The minimum absolute atomic E-state index is 0. The second kappa shape index (κ2) is 9.55. The largest absolute Gasteiger partial charge is 0.353 e. The highest BCUT2D eigenvalue weighted by molar-refractivity contribution is 5.85. The van der Waals surface area contributed by atoms with Gasteiger partial charge in [0.1, 0.15) is 0 Å². The van der Waals surface area contributed by atoms with E-state index in [1.54, 1.807) is 0 Å². The van der Waals surface area contributed by atoms with Crippen LogP contribution in [0.2, 0.25) is 0 Å². The minimum Gasteiger partial charge on any atom is -0.353 e. The number of hydrogen-bond donors (Lipinski definition) is 2. The van der Waals surface area contributed by atoms with Crippen LogP contribution in [0.25, 0.3) is 0 Å². The van der Waals surface area contributed by atoms with Crippen molar-refractivity contribution < 1.29 is 4.79 Å². The van der Waals surface area contributed by atoms with Crippen molar-refractivity contribution >= 4 is 18.3 Å². The summed E-state index contributed by atoms with van der Waals surface area (Å²) in [5.74, 6) is 0.217. The van der Waals surface area contributed by atoms with Crippen LogP contribution in [0.5, 0.6) is 0 Å². The molecule has 0 radical (unpaired) electrons. The van der Waals surface area contributed by atoms with E-state index in [1.807, 2.05) is 6.92 Å². The summed E-state index contributed by atoms with van der Waals surface area (Å²) in [5.41, 5.74) is 5.92. The van der Waals surface area contributed by atoms with E-state index in [0.29, 0.717) is 12.6 Å². The van der Waals surface area contributed by atoms with Crippen LogP contribution in [-0.2, 0) is 4.79 Å². The first kappa shape index (κ1) is 19.6. The molecule has 1 saturated heterocycles. The first-order valence-corrected chi connectivity index (χ1v) is 7.41. The quantitative estimate of drug-likeness (QED) is 0.752. The fourth-order valence-electron chi connectivity index (χ4n) is 2.27. The van der Waals surface area contributed by atoms with Gasteiger partial charge in [0.05, 0.1) is 6.04 Å². The highest BCUT2D eigenvalue weighted by atomic mass is 35.5. The van der Waals surface area contributed by atoms with E-state index in [9.17, 15) is 4.79 Å². The molecule has 1 amide bonds. The van der Waals surface area contributed by atoms with Crippen LogP contribution in [0, 0.1) is 5.92 Å². The molecule has 120 valence electrons. The van der Waals surface area contributed by atoms with Gasteiger partial charge in [0.15, 0.2) is 0 Å². The van der Waals surface area contributed by atoms with Gasteiger partial charge in [0.2, 0.25) is 5.91 Å². The molecule has 1 aliphatic heterocycles. The Morgan fingerprint density at radius 3 is 2.30 bits per heavy atom. The maximum Gasteiger partial charge on any atom is 0.237 e. The molecule has 3 N–H and O–H groups in total. The molecule has 6 heteroatoms. The standard InChI is InChI=1S/C14H30N4O.ClH/c1-5-11(2)13(15)14(19)16-10-12(3)18-8-6-17(4)7-9-18;/h11-13H,5-10,15H2,1-4H3,(H,16,19);1H. The highest BCUT2D eigenvalue weighted by Gasteiger charge is 2.22. The van der Waals surface area contributed by atoms with E-state index in [2.05, 4.69) is 36.0 Å². The van der Waals surface area contributed by atoms with Crippen molar-refractivity contribution in [2.45, 2.75) is 39.3 Å². The molecule has 20 heavy (non-hydrogen) atoms. The van der Waals surface area contributed by atoms with E-state index >= 15 is 0 Å². The van der Waals surface area contributed by atoms with Crippen LogP contribution < -0.4 is 11.1 Å². The first-order chi connectivity index (χ1) is 8.95. The van der Waals surface area contributed by atoms with Gasteiger partial charge in [0, 0.05) is 38.8 Å². The summed E-state index contributed by atoms with van der Waals surface area (Å²) in [6.45, 7) is 11.3. The van der Waals surface area contributed by atoms with E-state index in [-0.39, 0.29) is 30.3 Å². The molecular weight excluding hydrogens is 276 g/mol. The van der Waals surface area contributed by atoms with Gasteiger partial charge in [0.25, 0.3) is 0 Å². The van der Waals surface area contributed by atoms with Crippen molar-refractivity contribution in [3.8, 4) is 0 Å². The molecule has 0 aliphatic carbocycles. The van der Waals surface area contributed by atoms with Crippen molar-refractivity contribution in [3.63, 3.8) is 0 Å². The highest BCUT2D eigenvalue weighted by Crippen LogP contribution is 2.06. The number of nitrogens with one attached hydrogen (secondary N) is 1. The topological polar surface area (TPSA) is 61.6 Å². The van der Waals surface area contributed by atoms with Gasteiger partial charge >= 0.3 is 0 Å². The second-order valence-corrected chi connectivity index (χ2v) is 5.84. The van der Waals surface area contributed by atoms with E-state index in [4.69, 9.17) is 5.73 Å². The van der Waals surface area contributed by atoms with Gasteiger partial charge in [-0.25, -0.2) is 0 Å². The number of nitrogens with two attached hydrogens (primary N) is 1. The zero-order chi connectivity index (χ0) is 14.4. The summed E-state index contributed by atoms with van der Waals surface area (Å²) < 4.78 is 0. The number of carbonyl (C=O) groups is 1. The summed E-state index contributed by atoms with van der Waals surface area (Å²) in [6, 6.07) is -0.00790. The minimum atomic E-state index is -0.385. The number of carbonyl (C=O) groups excluding carboxylic acids is 1. The molecule has 0 aromatic heterocycles. The molecule has 0 aromatic carbocycles. The Bertz CT molecular complexity index is 282. The monoisotopic (exact) mass is 306 g/mol. The summed E-state index contributed by atoms with van der Waals surface area (Å²) in [4.78, 5) is 16.7. The third kappa shape index (κ3) is 5.95. The predicted octanol–water partition coefficient (Wildman–Crippen LogP) is 0.534. The first-order valence-electron chi connectivity index (χ1n) is 7.41. The molecule has 0 aromatic rings. The van der Waals surface area contributed by atoms with Crippen LogP contribution >= 0.6 is 12.4 Å². The molecule has 3 unspecified atom stereocenters. The van der Waals surface area contributed by atoms with E-state index in [0.717, 1.165) is 32.6 Å². The van der Waals surface area contributed by atoms with Crippen molar-refractivity contribution in [1.82, 2.24) is 15.1 Å². The summed E-state index contributed by atoms with van der Waals surface area (Å²) in [6.07, 6.45) is 0.933. The average Bonchev–Trinajstić information content (AvgIpc) is 2.43. The second-order valence-electron chi connectivity index (χ2n) is 5.84. The zero-order valence-corrected chi connectivity index (χ0v) is 14.1. The van der Waals surface area contributed by atoms with Crippen molar-refractivity contribution in [2.75, 3.05) is 39.8 Å². The van der Waals surface area contributed by atoms with Crippen LogP contribution in [0.1, 0.15) is 27.2 Å². The number of nitrogens with zero attached hydrogens (tertiary/aromatic N) is 2. The normalized spacial score (nSPS) is 21.6. The molecule has 3 atom stereocenters. The SMILES string of the molecule is CCC(C)C(N)C(=O)NCC(C)N1CCN(C)CC1.Cl. The molecule has 0 spiro atoms. The number of amides is 1. The van der Waals surface area contributed by atoms with Gasteiger partial charge in [-0.3, -0.25) is 9.69 Å². The van der Waals surface area contributed by atoms with Gasteiger partial charge in [-0.05, 0) is 19.9 Å². The van der Waals surface area contributed by atoms with Gasteiger partial charge in [-0.1, -0.05) is 20.3 Å². The van der Waals surface area contributed by atoms with Crippen molar-refractivity contribution in [1.29, 1.82) is 0 Å². The lowest BCUT2D eigenvalue weighted by atomic mass is 9.99. The molecular formula is C14H31ClN4O. The number of likely N-dealkylation sites (N-methyl/N-ethyl adjacent to an activating group) is 1. The number of hydrogen-bond acceptors (Lipinski definition) is 4. The van der Waals surface area contributed by atoms with E-state index in [1.165, 1.54) is 0 Å². The summed E-state index contributed by atoms with van der Waals surface area (Å²) in [7, 11) is 2.15. The lowest BCUT2D eigenvalue weighted by Gasteiger charge is -2.36. The molecule has 0 bridgehead atoms. The van der Waals surface area contributed by atoms with Crippen LogP contribution in [-0.4, -0.2) is 67.6 Å². The molecule has 5 nitrogen and oxygen atoms in total. The fraction of sp³-hybridized carbons (Fsp3) is 0.929. The Morgan fingerprint density at radius 1 is 1.25 bits per heavy atom. The van der Waals surface area contributed by atoms with Gasteiger partial charge < -0.3 is 16.0 Å². The third-order valence-corrected chi connectivity index (χ3v) is 4.29. The number of halogens is 1. The zero-order valence-electron chi connectivity index (χ0n) is 13.3. The smallest absolute Gasteiger partial charge is 0.237 e. The van der Waals surface area contributed by atoms with Crippen molar-refractivity contribution in [2.24, 2.45) is 11.7 Å². The molecule has 1 heterocycles. The maximum absolute atomic E-state index is 11.9. The maximum atomic E-state index is 11.9. The number of piperazine rings is 1. The van der Waals surface area contributed by atoms with Crippen LogP contribution in [0.15, 0.2) is 0 Å². The van der Waals surface area contributed by atoms with Crippen LogP contribution in [0.4, 0.5) is 0 Å². The van der Waals surface area contributed by atoms with E-state index < -0.39 is 0 Å². The summed E-state index contributed by atoms with van der Waals surface area (Å²) in [5, 5.41) is 2.99. The third-order valence-electron chi connectivity index (χ3n) is 4.29. The molecule has 1 fully saturated rings. The Kier molecular flexibility index (Phi) is 9.38. The Hall–Kier alpha value is -0.360. The molecule has 1 aliphatic rings. The number of rotatable bonds is 6. The Balaban J connectivity index is 0.00000361. The molecule has 1 rings (SSSR count). The van der Waals surface area contributed by atoms with Crippen molar-refractivity contribution in [3.05, 3.63) is 0 Å². The van der Waals surface area contributed by atoms with Gasteiger partial charge in [-0.15, -0.1) is 12.4 Å². The average molecular weight is 307 g/mol. The van der Waals surface area contributed by atoms with Gasteiger partial charge in [-0.2, -0.15) is 0 Å². The van der Waals surface area contributed by atoms with Crippen LogP contribution in [0.3, 0.4) is 0 Å². The Morgan fingerprint density at radius 2 is 1.80 bits per heavy atom. The lowest BCUT2D eigenvalue weighted by Crippen LogP contribution is -2.53. The Labute approximate surface area is 129 Å². The molecule has 0 saturated carbocycles.